The maximum Gasteiger partial charge on any atom is 0.338 e. The Bertz CT molecular complexity index is 1180. The summed E-state index contributed by atoms with van der Waals surface area (Å²) in [5, 5.41) is 81.1. The summed E-state index contributed by atoms with van der Waals surface area (Å²) in [6, 6.07) is 15.4. The van der Waals surface area contributed by atoms with Crippen molar-refractivity contribution in [1.29, 1.82) is 5.26 Å². The molecule has 0 aliphatic carbocycles. The lowest BCUT2D eigenvalue weighted by molar-refractivity contribution is -0.334. The van der Waals surface area contributed by atoms with Gasteiger partial charge in [0.25, 0.3) is 0 Å². The summed E-state index contributed by atoms with van der Waals surface area (Å²) in [4.78, 5) is 12.3. The maximum absolute atomic E-state index is 12.3. The number of hydrogen-bond acceptors (Lipinski definition) is 14. The number of nitriles is 1. The van der Waals surface area contributed by atoms with Gasteiger partial charge in [-0.2, -0.15) is 5.26 Å². The van der Waals surface area contributed by atoms with E-state index in [9.17, 15) is 45.8 Å². The number of hydrogen-bond donors (Lipinski definition) is 7. The van der Waals surface area contributed by atoms with Gasteiger partial charge in [0, 0.05) is 0 Å². The highest BCUT2D eigenvalue weighted by molar-refractivity contribution is 5.89. The molecule has 2 saturated heterocycles. The summed E-state index contributed by atoms with van der Waals surface area (Å²) in [5.41, 5.74) is 0.566. The zero-order valence-electron chi connectivity index (χ0n) is 21.5. The molecule has 7 N–H and O–H groups in total. The summed E-state index contributed by atoms with van der Waals surface area (Å²) in [6.07, 6.45) is -17.4. The number of esters is 1. The Morgan fingerprint density at radius 2 is 1.34 bits per heavy atom. The van der Waals surface area contributed by atoms with E-state index in [1.807, 2.05) is 6.07 Å². The Balaban J connectivity index is 1.37. The Labute approximate surface area is 234 Å². The van der Waals surface area contributed by atoms with Crippen LogP contribution in [0.5, 0.6) is 5.75 Å². The predicted octanol–water partition coefficient (Wildman–Crippen LogP) is -1.54. The number of phenols is 1. The predicted molar refractivity (Wildman–Crippen MR) is 134 cm³/mol. The topological polar surface area (TPSA) is 229 Å². The lowest BCUT2D eigenvalue weighted by atomic mass is 9.98. The number of aromatic hydroxyl groups is 1. The quantitative estimate of drug-likeness (QED) is 0.168. The Morgan fingerprint density at radius 1 is 0.780 bits per heavy atom. The molecule has 0 spiro atoms. The first-order valence-corrected chi connectivity index (χ1v) is 12.7. The third-order valence-electron chi connectivity index (χ3n) is 6.73. The fourth-order valence-electron chi connectivity index (χ4n) is 4.33. The SMILES string of the molecule is N#C[C@H](O[C@@H]1O[C@H](CO[C@@H]2O[C@H](COC(=O)c3ccc(O)cc3)[C@@H](O)[C@H](O)[C@H]2O)[C@@H](O)[C@H](O)[C@H]1O)c1ccccc1. The molecule has 2 aromatic carbocycles. The van der Waals surface area contributed by atoms with Crippen LogP contribution in [0.15, 0.2) is 54.6 Å². The highest BCUT2D eigenvalue weighted by atomic mass is 16.7. The number of nitrogens with zero attached hydrogens (tertiary/aromatic N) is 1. The molecule has 0 amide bonds. The standard InChI is InChI=1S/C27H31NO13/c28-10-16(13-4-2-1-3-5-13)39-27-24(35)22(33)20(31)18(41-27)12-38-26-23(34)21(32)19(30)17(40-26)11-37-25(36)14-6-8-15(29)9-7-14/h1-9,16-24,26-27,29-35H,11-12H2/t16-,17+,18+,19+,20+,21-,22-,23+,24+,26+,27+/m0/s1. The van der Waals surface area contributed by atoms with Gasteiger partial charge in [0.05, 0.1) is 18.2 Å². The molecule has 2 heterocycles. The van der Waals surface area contributed by atoms with Crippen LogP contribution in [-0.2, 0) is 23.7 Å². The highest BCUT2D eigenvalue weighted by Gasteiger charge is 2.48. The van der Waals surface area contributed by atoms with E-state index in [-0.39, 0.29) is 11.3 Å². The number of rotatable bonds is 9. The summed E-state index contributed by atoms with van der Waals surface area (Å²) >= 11 is 0. The van der Waals surface area contributed by atoms with Crippen LogP contribution in [0, 0.1) is 11.3 Å². The van der Waals surface area contributed by atoms with Gasteiger partial charge in [-0.3, -0.25) is 0 Å². The summed E-state index contributed by atoms with van der Waals surface area (Å²) in [7, 11) is 0. The fourth-order valence-corrected chi connectivity index (χ4v) is 4.33. The molecule has 0 aromatic heterocycles. The molecule has 14 heteroatoms. The van der Waals surface area contributed by atoms with Gasteiger partial charge in [0.2, 0.25) is 0 Å². The number of aliphatic hydroxyl groups excluding tert-OH is 6. The number of carbonyl (C=O) groups is 1. The van der Waals surface area contributed by atoms with Crippen molar-refractivity contribution in [2.45, 2.75) is 67.5 Å². The lowest BCUT2D eigenvalue weighted by Crippen LogP contribution is -2.62. The molecule has 2 aliphatic heterocycles. The van der Waals surface area contributed by atoms with Crippen LogP contribution in [0.2, 0.25) is 0 Å². The van der Waals surface area contributed by atoms with Crippen molar-refractivity contribution < 1.29 is 64.2 Å². The van der Waals surface area contributed by atoms with Crippen LogP contribution in [0.4, 0.5) is 0 Å². The van der Waals surface area contributed by atoms with E-state index in [2.05, 4.69) is 0 Å². The molecule has 2 fully saturated rings. The monoisotopic (exact) mass is 577 g/mol. The number of ether oxygens (including phenoxy) is 5. The molecule has 0 saturated carbocycles. The van der Waals surface area contributed by atoms with Crippen LogP contribution < -0.4 is 0 Å². The van der Waals surface area contributed by atoms with Gasteiger partial charge in [-0.25, -0.2) is 4.79 Å². The van der Waals surface area contributed by atoms with Crippen molar-refractivity contribution in [3.05, 3.63) is 65.7 Å². The second kappa shape index (κ2) is 13.6. The minimum Gasteiger partial charge on any atom is -0.508 e. The zero-order valence-corrected chi connectivity index (χ0v) is 21.5. The van der Waals surface area contributed by atoms with Crippen LogP contribution >= 0.6 is 0 Å². The maximum atomic E-state index is 12.3. The van der Waals surface area contributed by atoms with Gasteiger partial charge in [-0.05, 0) is 29.8 Å². The van der Waals surface area contributed by atoms with E-state index >= 15 is 0 Å². The fraction of sp³-hybridized carbons (Fsp3) is 0.481. The van der Waals surface area contributed by atoms with Crippen LogP contribution in [0.3, 0.4) is 0 Å². The molecule has 14 nitrogen and oxygen atoms in total. The second-order valence-corrected chi connectivity index (χ2v) is 9.56. The number of benzene rings is 2. The average molecular weight is 578 g/mol. The van der Waals surface area contributed by atoms with Gasteiger partial charge in [0.15, 0.2) is 18.7 Å². The van der Waals surface area contributed by atoms with E-state index in [0.717, 1.165) is 0 Å². The van der Waals surface area contributed by atoms with E-state index in [1.54, 1.807) is 30.3 Å². The minimum absolute atomic E-state index is 0.0577. The molecule has 0 bridgehead atoms. The van der Waals surface area contributed by atoms with Crippen LogP contribution in [0.1, 0.15) is 22.0 Å². The zero-order chi connectivity index (χ0) is 29.7. The van der Waals surface area contributed by atoms with Crippen molar-refractivity contribution >= 4 is 5.97 Å². The molecule has 222 valence electrons. The first-order chi connectivity index (χ1) is 19.6. The molecular weight excluding hydrogens is 546 g/mol. The van der Waals surface area contributed by atoms with Crippen LogP contribution in [0.25, 0.3) is 0 Å². The van der Waals surface area contributed by atoms with Crippen molar-refractivity contribution in [2.24, 2.45) is 0 Å². The van der Waals surface area contributed by atoms with Gasteiger partial charge in [0.1, 0.15) is 61.2 Å². The van der Waals surface area contributed by atoms with Crippen molar-refractivity contribution in [2.75, 3.05) is 13.2 Å². The van der Waals surface area contributed by atoms with Gasteiger partial charge in [-0.15, -0.1) is 0 Å². The normalized spacial score (nSPS) is 34.4. The number of carbonyl (C=O) groups excluding carboxylic acids is 1. The van der Waals surface area contributed by atoms with Gasteiger partial charge >= 0.3 is 5.97 Å². The van der Waals surface area contributed by atoms with Crippen molar-refractivity contribution in [1.82, 2.24) is 0 Å². The van der Waals surface area contributed by atoms with E-state index in [1.165, 1.54) is 24.3 Å². The van der Waals surface area contributed by atoms with Gasteiger partial charge in [-0.1, -0.05) is 30.3 Å². The molecule has 0 radical (unpaired) electrons. The van der Waals surface area contributed by atoms with E-state index in [4.69, 9.17) is 23.7 Å². The molecule has 41 heavy (non-hydrogen) atoms. The summed E-state index contributed by atoms with van der Waals surface area (Å²) < 4.78 is 27.3. The minimum atomic E-state index is -1.77. The van der Waals surface area contributed by atoms with Crippen LogP contribution in [-0.4, -0.2) is 116 Å². The first kappa shape index (κ1) is 30.8. The summed E-state index contributed by atoms with van der Waals surface area (Å²) in [6.45, 7) is -1.10. The first-order valence-electron chi connectivity index (χ1n) is 12.7. The average Bonchev–Trinajstić information content (AvgIpc) is 2.98. The highest BCUT2D eigenvalue weighted by Crippen LogP contribution is 2.29. The molecular formula is C27H31NO13. The third kappa shape index (κ3) is 7.18. The van der Waals surface area contributed by atoms with E-state index < -0.39 is 86.7 Å². The van der Waals surface area contributed by atoms with Gasteiger partial charge < -0.3 is 59.4 Å². The molecule has 0 unspecified atom stereocenters. The molecule has 2 aliphatic rings. The van der Waals surface area contributed by atoms with Crippen molar-refractivity contribution in [3.8, 4) is 11.8 Å². The smallest absolute Gasteiger partial charge is 0.338 e. The molecule has 11 atom stereocenters. The summed E-state index contributed by atoms with van der Waals surface area (Å²) in [5.74, 6) is -0.861. The Morgan fingerprint density at radius 3 is 1.95 bits per heavy atom. The third-order valence-corrected chi connectivity index (χ3v) is 6.73. The Kier molecular flexibility index (Phi) is 10.2. The second-order valence-electron chi connectivity index (χ2n) is 9.56. The lowest BCUT2D eigenvalue weighted by Gasteiger charge is -2.43. The Hall–Kier alpha value is -3.20. The molecule has 4 rings (SSSR count). The van der Waals surface area contributed by atoms with E-state index in [0.29, 0.717) is 5.56 Å². The number of aliphatic hydroxyl groups is 6. The largest absolute Gasteiger partial charge is 0.508 e. The number of phenolic OH excluding ortho intramolecular Hbond substituents is 1. The van der Waals surface area contributed by atoms with Crippen molar-refractivity contribution in [3.63, 3.8) is 0 Å². The molecule has 2 aromatic rings.